The number of alkyl halides is 4. The van der Waals surface area contributed by atoms with E-state index >= 15 is 17.6 Å². The Bertz CT molecular complexity index is 6350. The zero-order valence-electron chi connectivity index (χ0n) is 69.2. The number of aryl methyl sites for hydroxylation is 4. The monoisotopic (exact) mass is 1900 g/mol. The Kier molecular flexibility index (Phi) is 24.5. The van der Waals surface area contributed by atoms with Gasteiger partial charge >= 0.3 is 31.3 Å². The summed E-state index contributed by atoms with van der Waals surface area (Å²) in [6.45, 7) is -0.976. The van der Waals surface area contributed by atoms with Gasteiger partial charge in [0.25, 0.3) is 46.0 Å². The number of aliphatic hydroxyl groups is 8. The van der Waals surface area contributed by atoms with Gasteiger partial charge in [0.1, 0.15) is 104 Å². The van der Waals surface area contributed by atoms with Crippen molar-refractivity contribution in [1.82, 2.24) is 38.9 Å². The number of fused-ring (bicyclic) bond motifs is 4. The van der Waals surface area contributed by atoms with Gasteiger partial charge in [0.2, 0.25) is 23.3 Å². The third-order valence-corrected chi connectivity index (χ3v) is 24.7. The van der Waals surface area contributed by atoms with E-state index in [-0.39, 0.29) is 54.2 Å². The SMILES string of the molecule is Cc1cccc2c1OP(=O)(OC[C@@]1(F)O[C@@H](n3cc(F)c(=O)[nH]c3=S)[C@H](O)[C@@H]1O)OC2.[2H]C([2H])(OP1(=O)OCc2cccc(C)c2O1)[C@@]1(F)O[C@@H](n2cc(F)c(=O)[nH]c2=S)[C@H](O)[C@@H]1O.[2H]C([2H])(OP1(=O)OCc2cccc(C)c2O1)[C@@]1(F)O[C@@]([2H])(N2C=C(F)C(=O)NC2=C)[C@H](O)[C@@H]1O.[2H][C@@]1(n2cc(F)c(=O)[nH]c2=S)O[C@](F)(COP2(=O)OCc3cccc(C)c3O2)[C@@H](O)[C@H]1O. The third-order valence-electron chi connectivity index (χ3n) is 18.8. The molecule has 55 heteroatoms. The Labute approximate surface area is 714 Å². The van der Waals surface area contributed by atoms with E-state index in [4.69, 9.17) is 118 Å². The first-order chi connectivity index (χ1) is 60.3. The average molecular weight is 1900 g/mol. The van der Waals surface area contributed by atoms with E-state index in [0.29, 0.717) is 83.3 Å². The van der Waals surface area contributed by atoms with Crippen molar-refractivity contribution in [3.63, 3.8) is 0 Å². The second-order valence-corrected chi connectivity index (χ2v) is 34.9. The molecule has 672 valence electrons. The summed E-state index contributed by atoms with van der Waals surface area (Å²) in [6.07, 6.45) is -27.0. The summed E-state index contributed by atoms with van der Waals surface area (Å²) in [4.78, 5) is 51.5. The van der Waals surface area contributed by atoms with Crippen LogP contribution >= 0.6 is 67.9 Å². The number of carbonyl (C=O) groups excluding carboxylic acids is 1. The van der Waals surface area contributed by atoms with Gasteiger partial charge in [0.15, 0.2) is 39.2 Å². The van der Waals surface area contributed by atoms with Crippen LogP contribution in [0.3, 0.4) is 0 Å². The fourth-order valence-corrected chi connectivity index (χ4v) is 18.0. The first-order valence-corrected chi connectivity index (χ1v) is 42.4. The summed E-state index contributed by atoms with van der Waals surface area (Å²) in [7, 11) is -18.3. The molecule has 9 aliphatic heterocycles. The molecule has 4 fully saturated rings. The number of halogens is 8. The Balaban J connectivity index is 0.000000148. The molecule has 0 bridgehead atoms. The molecular formula is C69H70F8N8O32P4S3. The van der Waals surface area contributed by atoms with Crippen molar-refractivity contribution >= 4 is 73.9 Å². The Hall–Kier alpha value is -8.31. The normalized spacial score (nSPS) is 35.3. The number of amides is 1. The molecule has 4 aromatic carbocycles. The number of nitrogens with zero attached hydrogens (tertiary/aromatic N) is 4. The molecule has 7 aromatic rings. The highest BCUT2D eigenvalue weighted by atomic mass is 32.1. The maximum absolute atomic E-state index is 15.8. The van der Waals surface area contributed by atoms with Crippen LogP contribution < -0.4 is 40.1 Å². The molecule has 0 radical (unpaired) electrons. The first kappa shape index (κ1) is 85.1. The Morgan fingerprint density at radius 1 is 0.468 bits per heavy atom. The number of H-pyrrole nitrogens is 3. The molecule has 16 rings (SSSR count). The molecule has 4 unspecified atom stereocenters. The lowest BCUT2D eigenvalue weighted by atomic mass is 10.1. The van der Waals surface area contributed by atoms with Gasteiger partial charge in [-0.1, -0.05) is 79.4 Å². The number of hydrogen-bond donors (Lipinski definition) is 12. The number of hydrogen-bond acceptors (Lipinski definition) is 36. The lowest BCUT2D eigenvalue weighted by molar-refractivity contribution is -0.208. The molecule has 1 amide bonds. The van der Waals surface area contributed by atoms with Crippen LogP contribution in [0.1, 0.15) is 71.4 Å². The molecule has 0 saturated carbocycles. The van der Waals surface area contributed by atoms with E-state index < -0.39 is 216 Å². The lowest BCUT2D eigenvalue weighted by Gasteiger charge is -2.33. The first-order valence-electron chi connectivity index (χ1n) is 38.3. The van der Waals surface area contributed by atoms with Crippen LogP contribution in [0.4, 0.5) is 35.1 Å². The number of aliphatic hydroxyl groups excluding tert-OH is 8. The van der Waals surface area contributed by atoms with Gasteiger partial charge in [-0.25, -0.2) is 35.8 Å². The van der Waals surface area contributed by atoms with E-state index in [0.717, 1.165) is 4.57 Å². The van der Waals surface area contributed by atoms with Crippen LogP contribution in [0, 0.1) is 59.5 Å². The molecule has 20 atom stereocenters. The van der Waals surface area contributed by atoms with Crippen LogP contribution in [0.2, 0.25) is 0 Å². The summed E-state index contributed by atoms with van der Waals surface area (Å²) in [5.74, 6) is -20.9. The van der Waals surface area contributed by atoms with Crippen molar-refractivity contribution < 1.29 is 180 Å². The van der Waals surface area contributed by atoms with E-state index in [1.54, 1.807) is 100 Å². The second-order valence-electron chi connectivity index (χ2n) is 27.5. The summed E-state index contributed by atoms with van der Waals surface area (Å²) < 4.78 is 298. The molecule has 9 aliphatic rings. The smallest absolute Gasteiger partial charge is 0.403 e. The number of aromatic amines is 3. The summed E-state index contributed by atoms with van der Waals surface area (Å²) in [5.41, 5.74) is 0.921. The van der Waals surface area contributed by atoms with Crippen LogP contribution in [-0.4, -0.2) is 185 Å². The maximum atomic E-state index is 15.8. The van der Waals surface area contributed by atoms with Crippen LogP contribution in [0.25, 0.3) is 0 Å². The van der Waals surface area contributed by atoms with Crippen LogP contribution in [-0.2, 0) is 105 Å². The van der Waals surface area contributed by atoms with Gasteiger partial charge in [-0.2, -0.15) is 17.6 Å². The number of phosphoric acid groups is 4. The number of ether oxygens (including phenoxy) is 4. The molecule has 0 spiro atoms. The summed E-state index contributed by atoms with van der Waals surface area (Å²) in [5, 5.41) is 84.0. The van der Waals surface area contributed by atoms with Gasteiger partial charge in [-0.15, -0.1) is 0 Å². The highest BCUT2D eigenvalue weighted by Crippen LogP contribution is 2.61. The quantitative estimate of drug-likeness (QED) is 0.0253. The predicted octanol–water partition coefficient (Wildman–Crippen LogP) is 7.50. The fraction of sp³-hybridized carbons (Fsp3) is 0.406. The number of phosphoric ester groups is 4. The number of aromatic nitrogens is 6. The third kappa shape index (κ3) is 19.0. The van der Waals surface area contributed by atoms with Crippen molar-refractivity contribution in [2.24, 2.45) is 0 Å². The maximum Gasteiger partial charge on any atom is 0.530 e. The highest BCUT2D eigenvalue weighted by Gasteiger charge is 2.63. The topological polar surface area (TPSA) is 524 Å². The average Bonchev–Trinajstić information content (AvgIpc) is 1.55. The molecule has 12 N–H and O–H groups in total. The van der Waals surface area contributed by atoms with Crippen molar-refractivity contribution in [2.75, 3.05) is 26.3 Å². The minimum Gasteiger partial charge on any atom is -0.403 e. The molecular weight excluding hydrogens is 1820 g/mol. The second kappa shape index (κ2) is 35.7. The molecule has 12 heterocycles. The van der Waals surface area contributed by atoms with E-state index in [9.17, 15) is 95.9 Å². The minimum absolute atomic E-state index is 0.0597. The van der Waals surface area contributed by atoms with Gasteiger partial charge < -0.3 is 88.1 Å². The number of benzene rings is 4. The predicted molar refractivity (Wildman–Crippen MR) is 405 cm³/mol. The van der Waals surface area contributed by atoms with Gasteiger partial charge in [0.05, 0.1) is 53.2 Å². The fourth-order valence-electron chi connectivity index (χ4n) is 12.3. The lowest BCUT2D eigenvalue weighted by Crippen LogP contribution is -2.47. The zero-order valence-corrected chi connectivity index (χ0v) is 69.2. The number of carbonyl (C=O) groups is 1. The summed E-state index contributed by atoms with van der Waals surface area (Å²) >= 11 is 14.5. The van der Waals surface area contributed by atoms with Crippen molar-refractivity contribution in [3.8, 4) is 23.0 Å². The van der Waals surface area contributed by atoms with Gasteiger partial charge in [-0.3, -0.25) is 84.0 Å². The van der Waals surface area contributed by atoms with Crippen molar-refractivity contribution in [2.45, 2.75) is 151 Å². The minimum atomic E-state index is -4.85. The number of nitrogens with one attached hydrogen (secondary N) is 4. The number of para-hydroxylation sites is 4. The summed E-state index contributed by atoms with van der Waals surface area (Å²) in [6, 6.07) is 20.0. The molecule has 4 saturated heterocycles. The van der Waals surface area contributed by atoms with Crippen LogP contribution in [0.15, 0.2) is 130 Å². The molecule has 0 aliphatic carbocycles. The van der Waals surface area contributed by atoms with Gasteiger partial charge in [-0.05, 0) is 86.6 Å². The largest absolute Gasteiger partial charge is 0.530 e. The van der Waals surface area contributed by atoms with Gasteiger partial charge in [0, 0.05) is 28.5 Å². The highest BCUT2D eigenvalue weighted by molar-refractivity contribution is 7.71. The van der Waals surface area contributed by atoms with Crippen molar-refractivity contribution in [1.29, 1.82) is 0 Å². The van der Waals surface area contributed by atoms with Crippen molar-refractivity contribution in [3.05, 3.63) is 223 Å². The molecule has 40 nitrogen and oxygen atoms in total. The molecule has 124 heavy (non-hydrogen) atoms. The van der Waals surface area contributed by atoms with E-state index in [1.807, 2.05) is 20.3 Å². The zero-order chi connectivity index (χ0) is 95.6. The van der Waals surface area contributed by atoms with Crippen LogP contribution in [0.5, 0.6) is 23.0 Å². The molecule has 3 aromatic heterocycles. The number of rotatable bonds is 16. The Morgan fingerprint density at radius 3 is 1.15 bits per heavy atom. The standard InChI is InChI=1S/C18H19F2N2O8P.3C17H17F2N2O8PS/c1-9-4-3-5-11-7-27-31(26,30-14(9)11)28-8-18(20)15(24)13(23)17(29-18)22-6-12(19)16(25)21-10(22)2;3*1-8-3-2-4-9-6-26-30(25,29-12(8)9)27-7-17(19)13(23)11(22)15(28-17)21-5-10(18)14(24)20-16(21)31/h3-6,13,15,17,23-24H,2,7-8H2,1H3,(H,21,25);3*2-5,11,13,15,22-23H,6-7H2,1H3,(H,20,24,31)/t13-,15+,17-,18-,31?;3*11-,13+,15-,17-,30?/m1111/s1/i8D2,17D;15D;7D2;. The van der Waals surface area contributed by atoms with E-state index in [1.165, 1.54) is 0 Å². The Morgan fingerprint density at radius 2 is 0.766 bits per heavy atom. The van der Waals surface area contributed by atoms with E-state index in [2.05, 4.69) is 6.58 Å².